The molecule has 3 aromatic carbocycles. The second-order valence-corrected chi connectivity index (χ2v) is 8.34. The Labute approximate surface area is 213 Å². The Balaban J connectivity index is 1.64. The second-order valence-electron chi connectivity index (χ2n) is 7.18. The Hall–Kier alpha value is -4.00. The zero-order chi connectivity index (χ0) is 25.4. The number of methoxy groups -OCH3 is 1. The van der Waals surface area contributed by atoms with Crippen LogP contribution in [0.5, 0.6) is 11.5 Å². The number of hydrogen-bond donors (Lipinski definition) is 2. The Bertz CT molecular complexity index is 1280. The lowest BCUT2D eigenvalue weighted by Gasteiger charge is -2.13. The maximum absolute atomic E-state index is 12.2. The number of ether oxygens (including phenoxy) is 2. The van der Waals surface area contributed by atoms with Crippen LogP contribution >= 0.6 is 22.6 Å². The van der Waals surface area contributed by atoms with E-state index in [0.717, 1.165) is 9.13 Å². The summed E-state index contributed by atoms with van der Waals surface area (Å²) in [6.07, 6.45) is 1.24. The Morgan fingerprint density at radius 2 is 1.89 bits per heavy atom. The largest absolute Gasteiger partial charge is 0.493 e. The number of carboxylic acid groups (broad SMARTS) is 1. The van der Waals surface area contributed by atoms with Gasteiger partial charge in [0.25, 0.3) is 5.69 Å². The summed E-state index contributed by atoms with van der Waals surface area (Å²) >= 11 is 2.09. The van der Waals surface area contributed by atoms with Crippen LogP contribution < -0.4 is 14.9 Å². The number of hydrogen-bond acceptors (Lipinski definition) is 7. The molecule has 11 heteroatoms. The highest BCUT2D eigenvalue weighted by Gasteiger charge is 2.15. The number of hydrazone groups is 1. The summed E-state index contributed by atoms with van der Waals surface area (Å²) in [6.45, 7) is 0.210. The average molecular weight is 589 g/mol. The van der Waals surface area contributed by atoms with Crippen LogP contribution in [0.15, 0.2) is 65.8 Å². The molecule has 3 rings (SSSR count). The molecule has 0 unspecified atom stereocenters. The zero-order valence-corrected chi connectivity index (χ0v) is 20.6. The smallest absolute Gasteiger partial charge is 0.335 e. The van der Waals surface area contributed by atoms with E-state index in [0.29, 0.717) is 22.6 Å². The van der Waals surface area contributed by atoms with Gasteiger partial charge < -0.3 is 14.6 Å². The van der Waals surface area contributed by atoms with E-state index in [9.17, 15) is 19.7 Å². The number of nitrogens with zero attached hydrogens (tertiary/aromatic N) is 2. The molecule has 2 N–H and O–H groups in total. The lowest BCUT2D eigenvalue weighted by molar-refractivity contribution is -0.385. The van der Waals surface area contributed by atoms with Crippen LogP contribution in [0.4, 0.5) is 5.69 Å². The van der Waals surface area contributed by atoms with Crippen LogP contribution in [0, 0.1) is 13.7 Å². The molecule has 1 amide bonds. The van der Waals surface area contributed by atoms with E-state index in [4.69, 9.17) is 14.6 Å². The Kier molecular flexibility index (Phi) is 8.73. The molecule has 0 bridgehead atoms. The van der Waals surface area contributed by atoms with Gasteiger partial charge in [-0.15, -0.1) is 0 Å². The lowest BCUT2D eigenvalue weighted by atomic mass is 10.1. The van der Waals surface area contributed by atoms with Crippen molar-refractivity contribution in [2.45, 2.75) is 13.0 Å². The van der Waals surface area contributed by atoms with Gasteiger partial charge in [0.05, 0.1) is 33.8 Å². The maximum atomic E-state index is 12.2. The molecule has 0 aliphatic rings. The number of rotatable bonds is 10. The van der Waals surface area contributed by atoms with E-state index < -0.39 is 16.8 Å². The zero-order valence-electron chi connectivity index (χ0n) is 18.4. The molecular weight excluding hydrogens is 569 g/mol. The number of carbonyl (C=O) groups excluding carboxylic acids is 1. The van der Waals surface area contributed by atoms with Crippen LogP contribution in [0.2, 0.25) is 0 Å². The number of halogens is 1. The van der Waals surface area contributed by atoms with E-state index in [1.807, 2.05) is 0 Å². The van der Waals surface area contributed by atoms with Crippen molar-refractivity contribution in [3.05, 3.63) is 96.6 Å². The Morgan fingerprint density at radius 3 is 2.54 bits per heavy atom. The van der Waals surface area contributed by atoms with Crippen molar-refractivity contribution in [3.8, 4) is 11.5 Å². The monoisotopic (exact) mass is 589 g/mol. The topological polar surface area (TPSA) is 140 Å². The number of carbonyl (C=O) groups is 2. The number of amides is 1. The SMILES string of the molecule is COc1cc(/C=N/NC(=O)Cc2ccccc2[N+](=O)[O-])cc(I)c1OCc1ccc(C(=O)O)cc1. The van der Waals surface area contributed by atoms with Gasteiger partial charge in [0.1, 0.15) is 6.61 Å². The molecule has 0 aliphatic carbocycles. The number of carboxylic acids is 1. The molecule has 0 aliphatic heterocycles. The lowest BCUT2D eigenvalue weighted by Crippen LogP contribution is -2.20. The molecule has 10 nitrogen and oxygen atoms in total. The molecule has 0 spiro atoms. The van der Waals surface area contributed by atoms with Crippen LogP contribution in [0.3, 0.4) is 0 Å². The highest BCUT2D eigenvalue weighted by atomic mass is 127. The van der Waals surface area contributed by atoms with E-state index in [2.05, 4.69) is 33.1 Å². The van der Waals surface area contributed by atoms with Crippen LogP contribution in [0.1, 0.15) is 27.0 Å². The molecule has 0 aromatic heterocycles. The summed E-state index contributed by atoms with van der Waals surface area (Å²) in [5.74, 6) is -0.533. The Morgan fingerprint density at radius 1 is 1.17 bits per heavy atom. The minimum Gasteiger partial charge on any atom is -0.493 e. The van der Waals surface area contributed by atoms with Gasteiger partial charge in [-0.05, 0) is 58.0 Å². The van der Waals surface area contributed by atoms with Gasteiger partial charge >= 0.3 is 5.97 Å². The first kappa shape index (κ1) is 25.6. The summed E-state index contributed by atoms with van der Waals surface area (Å²) < 4.78 is 12.1. The molecular formula is C24H20IN3O7. The maximum Gasteiger partial charge on any atom is 0.335 e. The van der Waals surface area contributed by atoms with Gasteiger partial charge in [-0.25, -0.2) is 10.2 Å². The highest BCUT2D eigenvalue weighted by molar-refractivity contribution is 14.1. The third-order valence-corrected chi connectivity index (χ3v) is 5.58. The minimum atomic E-state index is -0.997. The first-order chi connectivity index (χ1) is 16.8. The normalized spacial score (nSPS) is 10.7. The number of nitro benzene ring substituents is 1. The molecule has 0 radical (unpaired) electrons. The number of para-hydroxylation sites is 1. The quantitative estimate of drug-likeness (QED) is 0.157. The number of benzene rings is 3. The first-order valence-electron chi connectivity index (χ1n) is 10.1. The van der Waals surface area contributed by atoms with Crippen molar-refractivity contribution < 1.29 is 29.1 Å². The van der Waals surface area contributed by atoms with E-state index in [1.165, 1.54) is 43.7 Å². The third-order valence-electron chi connectivity index (χ3n) is 4.78. The fourth-order valence-electron chi connectivity index (χ4n) is 3.08. The van der Waals surface area contributed by atoms with Crippen molar-refractivity contribution in [1.29, 1.82) is 0 Å². The van der Waals surface area contributed by atoms with Gasteiger partial charge in [0.2, 0.25) is 5.91 Å². The van der Waals surface area contributed by atoms with Gasteiger partial charge in [-0.3, -0.25) is 14.9 Å². The van der Waals surface area contributed by atoms with Gasteiger partial charge in [0.15, 0.2) is 11.5 Å². The predicted molar refractivity (Wildman–Crippen MR) is 136 cm³/mol. The van der Waals surface area contributed by atoms with Crippen molar-refractivity contribution in [1.82, 2.24) is 5.43 Å². The summed E-state index contributed by atoms with van der Waals surface area (Å²) in [6, 6.07) is 15.9. The molecule has 35 heavy (non-hydrogen) atoms. The van der Waals surface area contributed by atoms with E-state index in [-0.39, 0.29) is 24.3 Å². The second kappa shape index (κ2) is 11.9. The molecule has 3 aromatic rings. The molecule has 180 valence electrons. The molecule has 0 heterocycles. The third kappa shape index (κ3) is 6.99. The summed E-state index contributed by atoms with van der Waals surface area (Å²) in [4.78, 5) is 33.7. The number of nitro groups is 1. The molecule has 0 atom stereocenters. The fraction of sp³-hybridized carbons (Fsp3) is 0.125. The highest BCUT2D eigenvalue weighted by Crippen LogP contribution is 2.34. The minimum absolute atomic E-state index is 0.126. The summed E-state index contributed by atoms with van der Waals surface area (Å²) in [7, 11) is 1.50. The average Bonchev–Trinajstić information content (AvgIpc) is 2.83. The molecule has 0 saturated carbocycles. The van der Waals surface area contributed by atoms with Crippen molar-refractivity contribution in [2.75, 3.05) is 7.11 Å². The molecule has 0 fully saturated rings. The number of aromatic carboxylic acids is 1. The van der Waals surface area contributed by atoms with Crippen LogP contribution in [-0.2, 0) is 17.8 Å². The van der Waals surface area contributed by atoms with Crippen LogP contribution in [-0.4, -0.2) is 35.2 Å². The predicted octanol–water partition coefficient (Wildman–Crippen LogP) is 4.18. The first-order valence-corrected chi connectivity index (χ1v) is 11.2. The van der Waals surface area contributed by atoms with Gasteiger partial charge in [-0.1, -0.05) is 30.3 Å². The van der Waals surface area contributed by atoms with Crippen molar-refractivity contribution >= 4 is 46.4 Å². The van der Waals surface area contributed by atoms with Gasteiger partial charge in [0, 0.05) is 11.6 Å². The molecule has 0 saturated heterocycles. The van der Waals surface area contributed by atoms with Gasteiger partial charge in [-0.2, -0.15) is 5.10 Å². The fourth-order valence-corrected chi connectivity index (χ4v) is 3.86. The van der Waals surface area contributed by atoms with E-state index in [1.54, 1.807) is 30.3 Å². The van der Waals surface area contributed by atoms with E-state index >= 15 is 0 Å². The standard InChI is InChI=1S/C24H20IN3O7/c1-34-21-11-16(13-26-27-22(29)12-18-4-2-3-5-20(18)28(32)33)10-19(25)23(21)35-14-15-6-8-17(9-7-15)24(30)31/h2-11,13H,12,14H2,1H3,(H,27,29)(H,30,31)/b26-13+. The number of nitrogens with one attached hydrogen (secondary N) is 1. The summed E-state index contributed by atoms with van der Waals surface area (Å²) in [5, 5.41) is 24.0. The van der Waals surface area contributed by atoms with Crippen molar-refractivity contribution in [2.24, 2.45) is 5.10 Å². The summed E-state index contributed by atoms with van der Waals surface area (Å²) in [5.41, 5.74) is 4.15. The van der Waals surface area contributed by atoms with Crippen molar-refractivity contribution in [3.63, 3.8) is 0 Å². The van der Waals surface area contributed by atoms with Crippen LogP contribution in [0.25, 0.3) is 0 Å².